The number of aromatic nitrogens is 1. The van der Waals surface area contributed by atoms with E-state index in [2.05, 4.69) is 11.1 Å². The fourth-order valence-corrected chi connectivity index (χ4v) is 4.52. The molecule has 0 amide bonds. The van der Waals surface area contributed by atoms with Crippen molar-refractivity contribution in [2.45, 2.75) is 5.92 Å². The molecule has 1 unspecified atom stereocenters. The van der Waals surface area contributed by atoms with Crippen molar-refractivity contribution >= 4 is 33.3 Å². The van der Waals surface area contributed by atoms with Crippen LogP contribution in [-0.4, -0.2) is 11.8 Å². The molecule has 4 aromatic rings. The molecule has 1 atom stereocenters. The van der Waals surface area contributed by atoms with Gasteiger partial charge in [0, 0.05) is 28.0 Å². The maximum atomic E-state index is 9.90. The van der Waals surface area contributed by atoms with Gasteiger partial charge in [0.15, 0.2) is 11.5 Å². The van der Waals surface area contributed by atoms with Crippen molar-refractivity contribution in [3.8, 4) is 23.3 Å². The summed E-state index contributed by atoms with van der Waals surface area (Å²) in [5, 5.41) is 12.9. The topological polar surface area (TPSA) is 90.4 Å². The third kappa shape index (κ3) is 2.61. The Balaban J connectivity index is 1.62. The number of benzene rings is 3. The summed E-state index contributed by atoms with van der Waals surface area (Å²) >= 11 is 6.65. The zero-order chi connectivity index (χ0) is 21.1. The van der Waals surface area contributed by atoms with Gasteiger partial charge in [0.05, 0.1) is 11.4 Å². The maximum absolute atomic E-state index is 9.90. The predicted octanol–water partition coefficient (Wildman–Crippen LogP) is 4.99. The first-order valence-electron chi connectivity index (χ1n) is 9.63. The highest BCUT2D eigenvalue weighted by atomic mass is 35.5. The van der Waals surface area contributed by atoms with Crippen molar-refractivity contribution in [2.75, 3.05) is 6.79 Å². The van der Waals surface area contributed by atoms with Gasteiger partial charge in [-0.15, -0.1) is 0 Å². The average Bonchev–Trinajstić information content (AvgIpc) is 3.23. The van der Waals surface area contributed by atoms with Crippen LogP contribution in [0.15, 0.2) is 66.1 Å². The lowest BCUT2D eigenvalue weighted by molar-refractivity contribution is 0.174. The summed E-state index contributed by atoms with van der Waals surface area (Å²) in [5.74, 6) is 1.47. The van der Waals surface area contributed by atoms with Crippen LogP contribution in [0.1, 0.15) is 17.0 Å². The highest BCUT2D eigenvalue weighted by molar-refractivity contribution is 6.30. The van der Waals surface area contributed by atoms with Gasteiger partial charge in [0.25, 0.3) is 0 Å². The van der Waals surface area contributed by atoms with E-state index in [0.29, 0.717) is 33.9 Å². The van der Waals surface area contributed by atoms with Crippen LogP contribution in [0.4, 0.5) is 0 Å². The fourth-order valence-electron chi connectivity index (χ4n) is 4.27. The highest BCUT2D eigenvalue weighted by Gasteiger charge is 2.33. The summed E-state index contributed by atoms with van der Waals surface area (Å²) in [7, 11) is 0. The SMILES string of the molecule is N#CC1=C(N)Oc2c(ccc3ccccc23)C1c1cc2cc3c(cc2nc1Cl)OCO3. The van der Waals surface area contributed by atoms with Gasteiger partial charge in [0.2, 0.25) is 12.7 Å². The average molecular weight is 428 g/mol. The van der Waals surface area contributed by atoms with E-state index in [-0.39, 0.29) is 17.8 Å². The van der Waals surface area contributed by atoms with Gasteiger partial charge in [-0.25, -0.2) is 4.98 Å². The highest BCUT2D eigenvalue weighted by Crippen LogP contribution is 2.47. The summed E-state index contributed by atoms with van der Waals surface area (Å²) in [4.78, 5) is 4.57. The van der Waals surface area contributed by atoms with Crippen LogP contribution in [0.2, 0.25) is 5.15 Å². The summed E-state index contributed by atoms with van der Waals surface area (Å²) in [6, 6.07) is 19.6. The molecule has 2 aliphatic rings. The van der Waals surface area contributed by atoms with Gasteiger partial charge in [-0.2, -0.15) is 5.26 Å². The van der Waals surface area contributed by atoms with E-state index >= 15 is 0 Å². The first-order chi connectivity index (χ1) is 15.1. The van der Waals surface area contributed by atoms with Crippen LogP contribution >= 0.6 is 11.6 Å². The first kappa shape index (κ1) is 17.9. The molecule has 2 aliphatic heterocycles. The van der Waals surface area contributed by atoms with E-state index in [1.54, 1.807) is 6.07 Å². The zero-order valence-electron chi connectivity index (χ0n) is 16.1. The standard InChI is InChI=1S/C24H14ClN3O3/c25-23-16(7-13-8-19-20(30-11-29-19)9-18(13)28-23)21-15-6-5-12-3-1-2-4-14(12)22(15)31-24(27)17(21)10-26/h1-9,21H,11,27H2. The Hall–Kier alpha value is -3.95. The normalized spacial score (nSPS) is 16.8. The molecule has 150 valence electrons. The fraction of sp³-hybridized carbons (Fsp3) is 0.0833. The molecule has 1 aromatic heterocycles. The number of hydrogen-bond donors (Lipinski definition) is 1. The number of ether oxygens (including phenoxy) is 3. The molecule has 0 bridgehead atoms. The molecular weight excluding hydrogens is 414 g/mol. The minimum Gasteiger partial charge on any atom is -0.454 e. The molecule has 0 fully saturated rings. The number of fused-ring (bicyclic) bond motifs is 5. The lowest BCUT2D eigenvalue weighted by Gasteiger charge is -2.28. The van der Waals surface area contributed by atoms with E-state index in [1.165, 1.54) is 0 Å². The van der Waals surface area contributed by atoms with Gasteiger partial charge in [0.1, 0.15) is 22.5 Å². The number of halogens is 1. The number of nitrogens with zero attached hydrogens (tertiary/aromatic N) is 2. The lowest BCUT2D eigenvalue weighted by atomic mass is 9.82. The van der Waals surface area contributed by atoms with Crippen molar-refractivity contribution in [1.82, 2.24) is 4.98 Å². The Morgan fingerprint density at radius 3 is 2.65 bits per heavy atom. The molecule has 6 nitrogen and oxygen atoms in total. The largest absolute Gasteiger partial charge is 0.454 e. The number of rotatable bonds is 1. The van der Waals surface area contributed by atoms with Crippen molar-refractivity contribution < 1.29 is 14.2 Å². The second-order valence-electron chi connectivity index (χ2n) is 7.40. The van der Waals surface area contributed by atoms with Gasteiger partial charge < -0.3 is 19.9 Å². The Bertz CT molecular complexity index is 1490. The molecular formula is C24H14ClN3O3. The summed E-state index contributed by atoms with van der Waals surface area (Å²) in [6.45, 7) is 0.171. The van der Waals surface area contributed by atoms with Crippen LogP contribution in [-0.2, 0) is 0 Å². The third-order valence-corrected chi connectivity index (χ3v) is 6.01. The van der Waals surface area contributed by atoms with Crippen molar-refractivity contribution in [3.05, 3.63) is 82.3 Å². The minimum absolute atomic E-state index is 0.0678. The monoisotopic (exact) mass is 427 g/mol. The molecule has 0 spiro atoms. The van der Waals surface area contributed by atoms with E-state index < -0.39 is 5.92 Å². The van der Waals surface area contributed by atoms with Crippen LogP contribution in [0.5, 0.6) is 17.2 Å². The van der Waals surface area contributed by atoms with Crippen molar-refractivity contribution in [1.29, 1.82) is 5.26 Å². The molecule has 0 saturated heterocycles. The molecule has 0 aliphatic carbocycles. The Morgan fingerprint density at radius 1 is 1.00 bits per heavy atom. The van der Waals surface area contributed by atoms with Gasteiger partial charge >= 0.3 is 0 Å². The maximum Gasteiger partial charge on any atom is 0.231 e. The summed E-state index contributed by atoms with van der Waals surface area (Å²) in [5.41, 5.74) is 8.66. The molecule has 3 aromatic carbocycles. The summed E-state index contributed by atoms with van der Waals surface area (Å²) in [6.07, 6.45) is 0. The van der Waals surface area contributed by atoms with E-state index in [4.69, 9.17) is 31.5 Å². The summed E-state index contributed by atoms with van der Waals surface area (Å²) < 4.78 is 16.9. The molecule has 3 heterocycles. The second-order valence-corrected chi connectivity index (χ2v) is 7.75. The predicted molar refractivity (Wildman–Crippen MR) is 116 cm³/mol. The van der Waals surface area contributed by atoms with Crippen LogP contribution in [0, 0.1) is 11.3 Å². The molecule has 2 N–H and O–H groups in total. The van der Waals surface area contributed by atoms with Gasteiger partial charge in [-0.3, -0.25) is 0 Å². The molecule has 7 heteroatoms. The van der Waals surface area contributed by atoms with Gasteiger partial charge in [-0.05, 0) is 17.5 Å². The quantitative estimate of drug-likeness (QED) is 0.430. The Labute approximate surface area is 182 Å². The zero-order valence-corrected chi connectivity index (χ0v) is 16.8. The molecule has 0 radical (unpaired) electrons. The Morgan fingerprint density at radius 2 is 1.81 bits per heavy atom. The lowest BCUT2D eigenvalue weighted by Crippen LogP contribution is -2.21. The van der Waals surface area contributed by atoms with Gasteiger partial charge in [-0.1, -0.05) is 48.0 Å². The van der Waals surface area contributed by atoms with Crippen molar-refractivity contribution in [2.24, 2.45) is 5.73 Å². The van der Waals surface area contributed by atoms with E-state index in [1.807, 2.05) is 48.5 Å². The third-order valence-electron chi connectivity index (χ3n) is 5.71. The minimum atomic E-state index is -0.506. The van der Waals surface area contributed by atoms with Crippen molar-refractivity contribution in [3.63, 3.8) is 0 Å². The Kier molecular flexibility index (Phi) is 3.76. The molecule has 0 saturated carbocycles. The van der Waals surface area contributed by atoms with Crippen LogP contribution < -0.4 is 19.9 Å². The number of hydrogen-bond acceptors (Lipinski definition) is 6. The van der Waals surface area contributed by atoms with E-state index in [9.17, 15) is 5.26 Å². The number of pyridine rings is 1. The number of nitrogens with two attached hydrogens (primary N) is 1. The molecule has 6 rings (SSSR count). The number of nitriles is 1. The smallest absolute Gasteiger partial charge is 0.231 e. The second kappa shape index (κ2) is 6.53. The molecule has 31 heavy (non-hydrogen) atoms. The number of allylic oxidation sites excluding steroid dienone is 1. The van der Waals surface area contributed by atoms with Crippen LogP contribution in [0.3, 0.4) is 0 Å². The first-order valence-corrected chi connectivity index (χ1v) is 10.0. The van der Waals surface area contributed by atoms with E-state index in [0.717, 1.165) is 21.7 Å². The van der Waals surface area contributed by atoms with Crippen LogP contribution in [0.25, 0.3) is 21.7 Å².